The average molecular weight is 288 g/mol. The second-order valence-electron chi connectivity index (χ2n) is 5.96. The summed E-state index contributed by atoms with van der Waals surface area (Å²) in [6.45, 7) is 2.90. The van der Waals surface area contributed by atoms with Gasteiger partial charge in [0.25, 0.3) is 0 Å². The van der Waals surface area contributed by atoms with Crippen LogP contribution in [0.2, 0.25) is 0 Å². The number of nitrogens with one attached hydrogen (secondary N) is 1. The molecule has 2 heterocycles. The van der Waals surface area contributed by atoms with Crippen molar-refractivity contribution in [3.05, 3.63) is 24.0 Å². The number of hydrogen-bond acceptors (Lipinski definition) is 4. The van der Waals surface area contributed by atoms with E-state index in [1.807, 2.05) is 14.0 Å². The smallest absolute Gasteiger partial charge is 0.203 e. The minimum Gasteiger partial charge on any atom is -0.353 e. The SMILES string of the molecule is Cc1cn(CCc2ncn(C)n2)c(NC2CCCCC2)n1. The van der Waals surface area contributed by atoms with Crippen molar-refractivity contribution in [3.8, 4) is 0 Å². The first-order chi connectivity index (χ1) is 10.2. The van der Waals surface area contributed by atoms with Gasteiger partial charge in [0.1, 0.15) is 6.33 Å². The van der Waals surface area contributed by atoms with Crippen molar-refractivity contribution in [2.75, 3.05) is 5.32 Å². The van der Waals surface area contributed by atoms with Gasteiger partial charge in [-0.05, 0) is 19.8 Å². The van der Waals surface area contributed by atoms with Crippen molar-refractivity contribution in [2.24, 2.45) is 7.05 Å². The highest BCUT2D eigenvalue weighted by atomic mass is 15.3. The van der Waals surface area contributed by atoms with Gasteiger partial charge in [-0.1, -0.05) is 19.3 Å². The van der Waals surface area contributed by atoms with E-state index in [-0.39, 0.29) is 0 Å². The number of imidazole rings is 1. The minimum atomic E-state index is 0.576. The van der Waals surface area contributed by atoms with Crippen LogP contribution >= 0.6 is 0 Å². The van der Waals surface area contributed by atoms with E-state index in [0.29, 0.717) is 6.04 Å². The fourth-order valence-corrected chi connectivity index (χ4v) is 2.98. The van der Waals surface area contributed by atoms with E-state index < -0.39 is 0 Å². The first kappa shape index (κ1) is 14.1. The Kier molecular flexibility index (Phi) is 4.22. The Labute approximate surface area is 125 Å². The predicted molar refractivity (Wildman–Crippen MR) is 82.2 cm³/mol. The molecule has 1 N–H and O–H groups in total. The lowest BCUT2D eigenvalue weighted by atomic mass is 9.96. The summed E-state index contributed by atoms with van der Waals surface area (Å²) < 4.78 is 3.94. The predicted octanol–water partition coefficient (Wildman–Crippen LogP) is 2.31. The van der Waals surface area contributed by atoms with Crippen LogP contribution in [0.25, 0.3) is 0 Å². The summed E-state index contributed by atoms with van der Waals surface area (Å²) in [6.07, 6.45) is 11.2. The second kappa shape index (κ2) is 6.28. The molecule has 2 aromatic heterocycles. The second-order valence-corrected chi connectivity index (χ2v) is 5.96. The molecule has 0 bridgehead atoms. The summed E-state index contributed by atoms with van der Waals surface area (Å²) >= 11 is 0. The fraction of sp³-hybridized carbons (Fsp3) is 0.667. The normalized spacial score (nSPS) is 16.3. The topological polar surface area (TPSA) is 60.6 Å². The Balaban J connectivity index is 1.64. The van der Waals surface area contributed by atoms with Gasteiger partial charge in [0.2, 0.25) is 5.95 Å². The number of nitrogens with zero attached hydrogens (tertiary/aromatic N) is 5. The van der Waals surface area contributed by atoms with Gasteiger partial charge in [-0.3, -0.25) is 4.68 Å². The molecule has 0 saturated heterocycles. The Morgan fingerprint density at radius 2 is 2.10 bits per heavy atom. The van der Waals surface area contributed by atoms with Crippen LogP contribution < -0.4 is 5.32 Å². The van der Waals surface area contributed by atoms with Crippen LogP contribution in [0.4, 0.5) is 5.95 Å². The lowest BCUT2D eigenvalue weighted by Gasteiger charge is -2.23. The van der Waals surface area contributed by atoms with E-state index in [9.17, 15) is 0 Å². The Hall–Kier alpha value is -1.85. The van der Waals surface area contributed by atoms with E-state index in [0.717, 1.165) is 30.4 Å². The third kappa shape index (κ3) is 3.62. The molecule has 1 aliphatic rings. The third-order valence-electron chi connectivity index (χ3n) is 4.06. The lowest BCUT2D eigenvalue weighted by molar-refractivity contribution is 0.458. The molecule has 2 aromatic rings. The molecule has 0 aromatic carbocycles. The van der Waals surface area contributed by atoms with E-state index in [1.54, 1.807) is 11.0 Å². The first-order valence-electron chi connectivity index (χ1n) is 7.85. The van der Waals surface area contributed by atoms with Gasteiger partial charge in [0.05, 0.1) is 5.69 Å². The Bertz CT molecular complexity index is 579. The van der Waals surface area contributed by atoms with Gasteiger partial charge in [0, 0.05) is 32.3 Å². The van der Waals surface area contributed by atoms with Crippen molar-refractivity contribution in [1.29, 1.82) is 0 Å². The van der Waals surface area contributed by atoms with Crippen LogP contribution in [0.3, 0.4) is 0 Å². The van der Waals surface area contributed by atoms with Crippen LogP contribution in [0, 0.1) is 6.92 Å². The van der Waals surface area contributed by atoms with Gasteiger partial charge in [-0.15, -0.1) is 0 Å². The van der Waals surface area contributed by atoms with Gasteiger partial charge in [-0.25, -0.2) is 9.97 Å². The largest absolute Gasteiger partial charge is 0.353 e. The van der Waals surface area contributed by atoms with E-state index in [4.69, 9.17) is 0 Å². The summed E-state index contributed by atoms with van der Waals surface area (Å²) in [4.78, 5) is 8.91. The molecule has 1 fully saturated rings. The van der Waals surface area contributed by atoms with Crippen LogP contribution in [0.5, 0.6) is 0 Å². The maximum absolute atomic E-state index is 4.63. The van der Waals surface area contributed by atoms with Crippen molar-refractivity contribution < 1.29 is 0 Å². The molecule has 114 valence electrons. The Morgan fingerprint density at radius 3 is 2.81 bits per heavy atom. The standard InChI is InChI=1S/C15H24N6/c1-12-10-21(9-8-14-16-11-20(2)19-14)15(17-12)18-13-6-4-3-5-7-13/h10-11,13H,3-9H2,1-2H3,(H,17,18). The van der Waals surface area contributed by atoms with Gasteiger partial charge >= 0.3 is 0 Å². The summed E-state index contributed by atoms with van der Waals surface area (Å²) in [5, 5.41) is 7.95. The molecule has 0 unspecified atom stereocenters. The summed E-state index contributed by atoms with van der Waals surface area (Å²) in [7, 11) is 1.90. The van der Waals surface area contributed by atoms with Crippen LogP contribution in [0.15, 0.2) is 12.5 Å². The number of hydrogen-bond donors (Lipinski definition) is 1. The van der Waals surface area contributed by atoms with Crippen molar-refractivity contribution in [2.45, 2.75) is 58.0 Å². The highest BCUT2D eigenvalue weighted by molar-refractivity contribution is 5.30. The van der Waals surface area contributed by atoms with Crippen molar-refractivity contribution in [1.82, 2.24) is 24.3 Å². The maximum atomic E-state index is 4.63. The molecule has 0 atom stereocenters. The quantitative estimate of drug-likeness (QED) is 0.917. The van der Waals surface area contributed by atoms with Crippen LogP contribution in [-0.2, 0) is 20.0 Å². The fourth-order valence-electron chi connectivity index (χ4n) is 2.98. The molecule has 21 heavy (non-hydrogen) atoms. The molecule has 6 heteroatoms. The van der Waals surface area contributed by atoms with Crippen LogP contribution in [0.1, 0.15) is 43.6 Å². The van der Waals surface area contributed by atoms with Gasteiger partial charge in [-0.2, -0.15) is 5.10 Å². The van der Waals surface area contributed by atoms with E-state index in [2.05, 4.69) is 31.1 Å². The van der Waals surface area contributed by atoms with Gasteiger partial charge < -0.3 is 9.88 Å². The molecule has 1 aliphatic carbocycles. The zero-order valence-corrected chi connectivity index (χ0v) is 12.9. The first-order valence-corrected chi connectivity index (χ1v) is 7.85. The summed E-state index contributed by atoms with van der Waals surface area (Å²) in [5.74, 6) is 1.88. The molecule has 0 aliphatic heterocycles. The number of aryl methyl sites for hydroxylation is 4. The molecule has 6 nitrogen and oxygen atoms in total. The molecule has 3 rings (SSSR count). The minimum absolute atomic E-state index is 0.576. The monoisotopic (exact) mass is 288 g/mol. The van der Waals surface area contributed by atoms with Crippen molar-refractivity contribution in [3.63, 3.8) is 0 Å². The zero-order valence-electron chi connectivity index (χ0n) is 12.9. The molecular formula is C15H24N6. The van der Waals surface area contributed by atoms with E-state index in [1.165, 1.54) is 32.1 Å². The summed E-state index contributed by atoms with van der Waals surface area (Å²) in [5.41, 5.74) is 1.06. The molecule has 1 saturated carbocycles. The van der Waals surface area contributed by atoms with Gasteiger partial charge in [0.15, 0.2) is 5.82 Å². The van der Waals surface area contributed by atoms with Crippen LogP contribution in [-0.4, -0.2) is 30.4 Å². The highest BCUT2D eigenvalue weighted by Gasteiger charge is 2.16. The Morgan fingerprint density at radius 1 is 1.29 bits per heavy atom. The lowest BCUT2D eigenvalue weighted by Crippen LogP contribution is -2.24. The maximum Gasteiger partial charge on any atom is 0.203 e. The number of rotatable bonds is 5. The number of aromatic nitrogens is 5. The highest BCUT2D eigenvalue weighted by Crippen LogP contribution is 2.21. The van der Waals surface area contributed by atoms with E-state index >= 15 is 0 Å². The van der Waals surface area contributed by atoms with Crippen molar-refractivity contribution >= 4 is 5.95 Å². The third-order valence-corrected chi connectivity index (χ3v) is 4.06. The average Bonchev–Trinajstić information content (AvgIpc) is 3.04. The zero-order chi connectivity index (χ0) is 14.7. The molecule has 0 amide bonds. The molecular weight excluding hydrogens is 264 g/mol. The molecule has 0 radical (unpaired) electrons. The molecule has 0 spiro atoms. The number of anilines is 1. The summed E-state index contributed by atoms with van der Waals surface area (Å²) in [6, 6.07) is 0.576.